The summed E-state index contributed by atoms with van der Waals surface area (Å²) in [7, 11) is -6.52. The summed E-state index contributed by atoms with van der Waals surface area (Å²) in [4.78, 5) is 0.231. The summed E-state index contributed by atoms with van der Waals surface area (Å²) in [6.07, 6.45) is 1.26. The molecule has 0 bridgehead atoms. The van der Waals surface area contributed by atoms with Gasteiger partial charge in [0.05, 0.1) is 14.6 Å². The predicted octanol–water partition coefficient (Wildman–Crippen LogP) is 0.369. The van der Waals surface area contributed by atoms with Gasteiger partial charge in [-0.3, -0.25) is 0 Å². The van der Waals surface area contributed by atoms with Gasteiger partial charge < -0.3 is 0 Å². The highest BCUT2D eigenvalue weighted by molar-refractivity contribution is 7.91. The number of primary sulfonamides is 1. The van der Waals surface area contributed by atoms with Gasteiger partial charge in [0.15, 0.2) is 0 Å². The van der Waals surface area contributed by atoms with Crippen molar-refractivity contribution in [3.05, 3.63) is 24.3 Å². The van der Waals surface area contributed by atoms with Crippen LogP contribution in [0.15, 0.2) is 34.1 Å². The molecule has 7 heteroatoms. The monoisotopic (exact) mass is 234 g/mol. The number of sulfonamides is 1. The molecule has 1 aromatic carbocycles. The van der Waals surface area contributed by atoms with Gasteiger partial charge in [-0.15, -0.1) is 0 Å². The van der Waals surface area contributed by atoms with E-state index in [1.54, 1.807) is 0 Å². The van der Waals surface area contributed by atoms with Gasteiger partial charge in [-0.25, -0.2) is 22.5 Å². The third kappa shape index (κ3) is 2.53. The van der Waals surface area contributed by atoms with Crippen LogP contribution in [0.3, 0.4) is 0 Å². The summed E-state index contributed by atoms with van der Waals surface area (Å²) in [5.41, 5.74) is 0. The van der Waals surface area contributed by atoms with Crippen LogP contribution in [0.1, 0.15) is 0 Å². The molecule has 0 radical (unpaired) electrons. The highest BCUT2D eigenvalue weighted by Crippen LogP contribution is 2.13. The van der Waals surface area contributed by atoms with Crippen molar-refractivity contribution >= 4 is 19.8 Å². The molecule has 0 heterocycles. The summed E-state index contributed by atoms with van der Waals surface area (Å²) in [6, 6.07) is 5.13. The first-order valence-corrected chi connectivity index (χ1v) is 7.09. The van der Waals surface area contributed by atoms with Crippen molar-refractivity contribution in [2.24, 2.45) is 5.14 Å². The van der Waals surface area contributed by atoms with Gasteiger partial charge in [-0.1, -0.05) is 0 Å². The molecule has 0 aliphatic carbocycles. The molecule has 0 saturated carbocycles. The number of nitrogens with one attached hydrogen (secondary N) is 1. The zero-order valence-corrected chi connectivity index (χ0v) is 9.06. The minimum atomic E-state index is -3.72. The molecule has 0 aliphatic heterocycles. The fraction of sp³-hybridized carbons (Fsp3) is 0.143. The Morgan fingerprint density at radius 3 is 1.71 bits per heavy atom. The van der Waals surface area contributed by atoms with Crippen LogP contribution in [-0.2, 0) is 19.8 Å². The first kappa shape index (κ1) is 11.2. The van der Waals surface area contributed by atoms with Crippen molar-refractivity contribution in [2.75, 3.05) is 6.26 Å². The third-order valence-corrected chi connectivity index (χ3v) is 3.70. The first-order chi connectivity index (χ1) is 6.21. The number of benzene rings is 1. The maximum absolute atomic E-state index is 11.2. The lowest BCUT2D eigenvalue weighted by atomic mass is 10.4. The van der Waals surface area contributed by atoms with Gasteiger partial charge in [0.25, 0.3) is 0 Å². The van der Waals surface area contributed by atoms with Gasteiger partial charge in [-0.05, 0) is 24.3 Å². The third-order valence-electron chi connectivity index (χ3n) is 1.60. The van der Waals surface area contributed by atoms with Crippen LogP contribution in [0.2, 0.25) is 0 Å². The maximum Gasteiger partial charge on any atom is 0.238 e. The topological polar surface area (TPSA) is 101 Å². The summed E-state index contributed by atoms with van der Waals surface area (Å²) >= 11 is 0. The minimum absolute atomic E-state index is 0.0510. The Balaban J connectivity index is 3.28. The smallest absolute Gasteiger partial charge is 0.238 e. The van der Waals surface area contributed by atoms with Crippen molar-refractivity contribution in [1.82, 2.24) is 0 Å². The van der Waals surface area contributed by atoms with Gasteiger partial charge in [-0.2, -0.15) is 0 Å². The fourth-order valence-electron chi connectivity index (χ4n) is 0.889. The van der Waals surface area contributed by atoms with E-state index >= 15 is 0 Å². The standard InChI is InChI=1S/C7H10N2O3S2/c1-13(8,10)6-2-4-7(5-3-6)14(9,11)12/h2-5,8H,1H3,(H2,9,11,12). The zero-order valence-electron chi connectivity index (χ0n) is 7.43. The molecule has 0 aliphatic rings. The van der Waals surface area contributed by atoms with Gasteiger partial charge in [0.2, 0.25) is 10.0 Å². The Bertz CT molecular complexity index is 478. The highest BCUT2D eigenvalue weighted by atomic mass is 32.2. The fourth-order valence-corrected chi connectivity index (χ4v) is 2.06. The van der Waals surface area contributed by atoms with Crippen LogP contribution in [-0.4, -0.2) is 18.9 Å². The molecular formula is C7H10N2O3S2. The summed E-state index contributed by atoms with van der Waals surface area (Å²) < 4.78 is 40.2. The lowest BCUT2D eigenvalue weighted by Crippen LogP contribution is -2.12. The number of hydrogen-bond acceptors (Lipinski definition) is 4. The first-order valence-electron chi connectivity index (χ1n) is 3.58. The van der Waals surface area contributed by atoms with Crippen molar-refractivity contribution in [3.8, 4) is 0 Å². The Labute approximate surface area is 83.0 Å². The molecule has 0 fully saturated rings. The van der Waals surface area contributed by atoms with Crippen LogP contribution < -0.4 is 5.14 Å². The number of nitrogens with two attached hydrogens (primary N) is 1. The molecule has 0 amide bonds. The SMILES string of the molecule is CS(=N)(=O)c1ccc(S(N)(=O)=O)cc1. The molecule has 3 N–H and O–H groups in total. The molecule has 14 heavy (non-hydrogen) atoms. The van der Waals surface area contributed by atoms with Crippen LogP contribution in [0.25, 0.3) is 0 Å². The van der Waals surface area contributed by atoms with Gasteiger partial charge in [0.1, 0.15) is 0 Å². The van der Waals surface area contributed by atoms with Crippen molar-refractivity contribution in [3.63, 3.8) is 0 Å². The second kappa shape index (κ2) is 3.34. The van der Waals surface area contributed by atoms with Gasteiger partial charge >= 0.3 is 0 Å². The Kier molecular flexibility index (Phi) is 2.66. The van der Waals surface area contributed by atoms with E-state index in [2.05, 4.69) is 0 Å². The maximum atomic E-state index is 11.2. The molecule has 1 aromatic rings. The number of hydrogen-bond donors (Lipinski definition) is 2. The Morgan fingerprint density at radius 1 is 1.07 bits per heavy atom. The van der Waals surface area contributed by atoms with Crippen molar-refractivity contribution in [1.29, 1.82) is 4.78 Å². The lowest BCUT2D eigenvalue weighted by Gasteiger charge is -2.01. The molecule has 78 valence electrons. The van der Waals surface area contributed by atoms with Crippen LogP contribution in [0.4, 0.5) is 0 Å². The molecule has 0 spiro atoms. The lowest BCUT2D eigenvalue weighted by molar-refractivity contribution is 0.597. The Hall–Kier alpha value is -0.920. The van der Waals surface area contributed by atoms with E-state index in [1.807, 2.05) is 0 Å². The summed E-state index contributed by atoms with van der Waals surface area (Å²) in [6.45, 7) is 0. The zero-order chi connectivity index (χ0) is 11.0. The minimum Gasteiger partial charge on any atom is -0.249 e. The molecule has 0 saturated heterocycles. The van der Waals surface area contributed by atoms with E-state index in [0.29, 0.717) is 0 Å². The Morgan fingerprint density at radius 2 is 1.43 bits per heavy atom. The molecule has 0 aromatic heterocycles. The molecular weight excluding hydrogens is 224 g/mol. The average molecular weight is 234 g/mol. The number of rotatable bonds is 2. The van der Waals surface area contributed by atoms with Crippen LogP contribution >= 0.6 is 0 Å². The normalized spacial score (nSPS) is 16.1. The van der Waals surface area contributed by atoms with Crippen LogP contribution in [0.5, 0.6) is 0 Å². The average Bonchev–Trinajstić information content (AvgIpc) is 2.01. The van der Waals surface area contributed by atoms with Crippen molar-refractivity contribution in [2.45, 2.75) is 9.79 Å². The second-order valence-electron chi connectivity index (χ2n) is 2.86. The van der Waals surface area contributed by atoms with E-state index in [1.165, 1.54) is 30.5 Å². The van der Waals surface area contributed by atoms with E-state index in [0.717, 1.165) is 0 Å². The molecule has 5 nitrogen and oxygen atoms in total. The van der Waals surface area contributed by atoms with E-state index in [9.17, 15) is 12.6 Å². The second-order valence-corrected chi connectivity index (χ2v) is 6.58. The summed E-state index contributed by atoms with van der Waals surface area (Å²) in [5, 5.41) is 4.87. The molecule has 1 unspecified atom stereocenters. The predicted molar refractivity (Wildman–Crippen MR) is 52.9 cm³/mol. The largest absolute Gasteiger partial charge is 0.249 e. The summed E-state index contributed by atoms with van der Waals surface area (Å²) in [5.74, 6) is 0. The quantitative estimate of drug-likeness (QED) is 0.772. The van der Waals surface area contributed by atoms with E-state index in [4.69, 9.17) is 9.92 Å². The molecule has 1 atom stereocenters. The van der Waals surface area contributed by atoms with Crippen molar-refractivity contribution < 1.29 is 12.6 Å². The van der Waals surface area contributed by atoms with Gasteiger partial charge in [0, 0.05) is 11.2 Å². The van der Waals surface area contributed by atoms with E-state index < -0.39 is 19.8 Å². The molecule has 1 rings (SSSR count). The van der Waals surface area contributed by atoms with Crippen LogP contribution in [0, 0.1) is 4.78 Å². The van der Waals surface area contributed by atoms with E-state index in [-0.39, 0.29) is 9.79 Å². The highest BCUT2D eigenvalue weighted by Gasteiger charge is 2.08.